The van der Waals surface area contributed by atoms with E-state index in [1.807, 2.05) is 55.5 Å². The van der Waals surface area contributed by atoms with Gasteiger partial charge in [0.1, 0.15) is 17.5 Å². The molecule has 0 unspecified atom stereocenters. The maximum Gasteiger partial charge on any atom is 0.313 e. The number of nitrogens with one attached hydrogen (secondary N) is 1. The van der Waals surface area contributed by atoms with Crippen LogP contribution in [0.4, 0.5) is 0 Å². The van der Waals surface area contributed by atoms with Crippen molar-refractivity contribution in [1.29, 1.82) is 0 Å². The van der Waals surface area contributed by atoms with Gasteiger partial charge in [0.2, 0.25) is 0 Å². The monoisotopic (exact) mass is 435 g/mol. The Morgan fingerprint density at radius 1 is 1.13 bits per heavy atom. The van der Waals surface area contributed by atoms with Gasteiger partial charge in [0.05, 0.1) is 18.0 Å². The Kier molecular flexibility index (Phi) is 5.90. The third-order valence-corrected chi connectivity index (χ3v) is 5.86. The predicted octanol–water partition coefficient (Wildman–Crippen LogP) is 3.79. The molecule has 0 spiro atoms. The molecule has 0 radical (unpaired) electrons. The van der Waals surface area contributed by atoms with Crippen molar-refractivity contribution in [2.45, 2.75) is 25.4 Å². The highest BCUT2D eigenvalue weighted by atomic mass is 32.2. The highest BCUT2D eigenvalue weighted by Crippen LogP contribution is 2.27. The zero-order valence-electron chi connectivity index (χ0n) is 17.2. The molecule has 158 valence electrons. The molecule has 1 N–H and O–H groups in total. The summed E-state index contributed by atoms with van der Waals surface area (Å²) in [4.78, 5) is 45.3. The van der Waals surface area contributed by atoms with Crippen LogP contribution in [0.1, 0.15) is 18.9 Å². The summed E-state index contributed by atoms with van der Waals surface area (Å²) in [6, 6.07) is 15.1. The number of aromatic amines is 1. The Morgan fingerprint density at radius 2 is 1.87 bits per heavy atom. The van der Waals surface area contributed by atoms with Gasteiger partial charge >= 0.3 is 5.97 Å². The summed E-state index contributed by atoms with van der Waals surface area (Å²) >= 11 is 1.14. The minimum Gasteiger partial charge on any atom is -0.466 e. The Morgan fingerprint density at radius 3 is 2.65 bits per heavy atom. The summed E-state index contributed by atoms with van der Waals surface area (Å²) in [5.41, 5.74) is 3.15. The average molecular weight is 436 g/mol. The van der Waals surface area contributed by atoms with E-state index in [4.69, 9.17) is 9.72 Å². The number of rotatable bonds is 7. The average Bonchev–Trinajstić information content (AvgIpc) is 3.12. The number of hydrogen-bond donors (Lipinski definition) is 1. The van der Waals surface area contributed by atoms with Crippen molar-refractivity contribution in [2.24, 2.45) is 0 Å². The molecular weight excluding hydrogens is 414 g/mol. The molecule has 31 heavy (non-hydrogen) atoms. The first-order chi connectivity index (χ1) is 15.0. The molecule has 2 heterocycles. The van der Waals surface area contributed by atoms with Gasteiger partial charge in [0, 0.05) is 10.9 Å². The zero-order chi connectivity index (χ0) is 22.0. The smallest absolute Gasteiger partial charge is 0.313 e. The summed E-state index contributed by atoms with van der Waals surface area (Å²) in [6.45, 7) is 3.83. The number of fused-ring (bicyclic) bond motifs is 3. The Bertz CT molecular complexity index is 1360. The molecular formula is C23H21N3O4S. The number of aromatic nitrogens is 3. The van der Waals surface area contributed by atoms with Crippen LogP contribution in [0.25, 0.3) is 27.6 Å². The second-order valence-corrected chi connectivity index (χ2v) is 7.97. The normalized spacial score (nSPS) is 11.2. The number of Topliss-reactive ketones (excluding diaryl/α,β-unsaturated/α-hetero) is 1. The van der Waals surface area contributed by atoms with Crippen LogP contribution >= 0.6 is 11.8 Å². The summed E-state index contributed by atoms with van der Waals surface area (Å²) in [5, 5.41) is 1.24. The highest BCUT2D eigenvalue weighted by Gasteiger charge is 2.19. The van der Waals surface area contributed by atoms with Gasteiger partial charge in [0.15, 0.2) is 10.9 Å². The van der Waals surface area contributed by atoms with Gasteiger partial charge in [-0.1, -0.05) is 48.2 Å². The maximum atomic E-state index is 13.5. The van der Waals surface area contributed by atoms with E-state index in [-0.39, 0.29) is 30.1 Å². The van der Waals surface area contributed by atoms with Gasteiger partial charge in [0.25, 0.3) is 5.56 Å². The van der Waals surface area contributed by atoms with Crippen LogP contribution in [0.3, 0.4) is 0 Å². The molecule has 0 bridgehead atoms. The van der Waals surface area contributed by atoms with Crippen LogP contribution in [0.15, 0.2) is 58.5 Å². The van der Waals surface area contributed by atoms with Crippen molar-refractivity contribution in [3.05, 3.63) is 64.4 Å². The van der Waals surface area contributed by atoms with Crippen LogP contribution < -0.4 is 5.56 Å². The number of hydrogen-bond acceptors (Lipinski definition) is 6. The fraction of sp³-hybridized carbons (Fsp3) is 0.217. The predicted molar refractivity (Wildman–Crippen MR) is 121 cm³/mol. The van der Waals surface area contributed by atoms with Gasteiger partial charge in [-0.15, -0.1) is 0 Å². The van der Waals surface area contributed by atoms with Crippen molar-refractivity contribution >= 4 is 45.5 Å². The molecule has 0 aliphatic carbocycles. The summed E-state index contributed by atoms with van der Waals surface area (Å²) in [6.07, 6.45) is -0.301. The van der Waals surface area contributed by atoms with E-state index in [0.29, 0.717) is 21.9 Å². The minimum absolute atomic E-state index is 0.00496. The van der Waals surface area contributed by atoms with Crippen LogP contribution in [0.2, 0.25) is 0 Å². The largest absolute Gasteiger partial charge is 0.466 e. The third kappa shape index (κ3) is 4.11. The van der Waals surface area contributed by atoms with Crippen molar-refractivity contribution in [1.82, 2.24) is 14.5 Å². The number of carbonyl (C=O) groups excluding carboxylic acids is 2. The lowest BCUT2D eigenvalue weighted by molar-refractivity contribution is -0.145. The number of benzene rings is 2. The first-order valence-corrected chi connectivity index (χ1v) is 10.9. The molecule has 8 heteroatoms. The lowest BCUT2D eigenvalue weighted by Crippen LogP contribution is -2.23. The van der Waals surface area contributed by atoms with Gasteiger partial charge < -0.3 is 9.72 Å². The standard InChI is InChI=1S/C23H21N3O4S/c1-3-30-19(28)12-15(27)13-31-23-25-20-16-9-5-6-10-17(16)24-21(20)22(29)26(23)18-11-7-4-8-14(18)2/h4-11,24H,3,12-13H2,1-2H3. The molecule has 0 fully saturated rings. The van der Waals surface area contributed by atoms with E-state index < -0.39 is 5.97 Å². The Hall–Kier alpha value is -3.39. The molecule has 2 aromatic carbocycles. The second kappa shape index (κ2) is 8.77. The molecule has 7 nitrogen and oxygen atoms in total. The molecule has 0 aliphatic rings. The third-order valence-electron chi connectivity index (χ3n) is 4.86. The number of para-hydroxylation sites is 2. The van der Waals surface area contributed by atoms with Crippen molar-refractivity contribution < 1.29 is 14.3 Å². The number of ether oxygens (including phenoxy) is 1. The first-order valence-electron chi connectivity index (χ1n) is 9.89. The van der Waals surface area contributed by atoms with Crippen molar-refractivity contribution in [3.8, 4) is 5.69 Å². The molecule has 2 aromatic heterocycles. The SMILES string of the molecule is CCOC(=O)CC(=O)CSc1nc2c([nH]c3ccccc32)c(=O)n1-c1ccccc1C. The van der Waals surface area contributed by atoms with E-state index in [2.05, 4.69) is 4.98 Å². The van der Waals surface area contributed by atoms with E-state index in [1.165, 1.54) is 4.57 Å². The molecule has 0 atom stereocenters. The molecule has 4 aromatic rings. The number of H-pyrrole nitrogens is 1. The number of thioether (sulfide) groups is 1. The van der Waals surface area contributed by atoms with Crippen LogP contribution in [0, 0.1) is 6.92 Å². The van der Waals surface area contributed by atoms with E-state index in [0.717, 1.165) is 28.2 Å². The van der Waals surface area contributed by atoms with E-state index >= 15 is 0 Å². The number of aryl methyl sites for hydroxylation is 1. The lowest BCUT2D eigenvalue weighted by atomic mass is 10.2. The van der Waals surface area contributed by atoms with E-state index in [1.54, 1.807) is 6.92 Å². The molecule has 0 saturated carbocycles. The second-order valence-electron chi connectivity index (χ2n) is 7.02. The van der Waals surface area contributed by atoms with Crippen LogP contribution in [-0.4, -0.2) is 38.6 Å². The Labute approximate surface area is 182 Å². The summed E-state index contributed by atoms with van der Waals surface area (Å²) in [7, 11) is 0. The zero-order valence-corrected chi connectivity index (χ0v) is 18.0. The summed E-state index contributed by atoms with van der Waals surface area (Å²) < 4.78 is 6.37. The Balaban J connectivity index is 1.82. The molecule has 4 rings (SSSR count). The minimum atomic E-state index is -0.551. The maximum absolute atomic E-state index is 13.5. The van der Waals surface area contributed by atoms with E-state index in [9.17, 15) is 14.4 Å². The quantitative estimate of drug-likeness (QED) is 0.205. The van der Waals surface area contributed by atoms with Crippen LogP contribution in [-0.2, 0) is 14.3 Å². The highest BCUT2D eigenvalue weighted by molar-refractivity contribution is 7.99. The summed E-state index contributed by atoms with van der Waals surface area (Å²) in [5.74, 6) is -0.831. The van der Waals surface area contributed by atoms with Gasteiger partial charge in [-0.05, 0) is 31.5 Å². The lowest BCUT2D eigenvalue weighted by Gasteiger charge is -2.14. The number of carbonyl (C=O) groups is 2. The van der Waals surface area contributed by atoms with Crippen molar-refractivity contribution in [3.63, 3.8) is 0 Å². The topological polar surface area (TPSA) is 94.1 Å². The van der Waals surface area contributed by atoms with Crippen LogP contribution in [0.5, 0.6) is 0 Å². The molecule has 0 amide bonds. The number of ketones is 1. The van der Waals surface area contributed by atoms with Gasteiger partial charge in [-0.2, -0.15) is 0 Å². The van der Waals surface area contributed by atoms with Crippen molar-refractivity contribution in [2.75, 3.05) is 12.4 Å². The fourth-order valence-electron chi connectivity index (χ4n) is 3.44. The fourth-order valence-corrected chi connectivity index (χ4v) is 4.29. The number of esters is 1. The molecule has 0 aliphatic heterocycles. The molecule has 0 saturated heterocycles. The number of nitrogens with zero attached hydrogens (tertiary/aromatic N) is 2. The first kappa shape index (κ1) is 20.9. The van der Waals surface area contributed by atoms with Gasteiger partial charge in [-0.3, -0.25) is 19.0 Å². The van der Waals surface area contributed by atoms with Gasteiger partial charge in [-0.25, -0.2) is 4.98 Å².